The number of hydrogen-bond acceptors (Lipinski definition) is 13. The van der Waals surface area contributed by atoms with Crippen molar-refractivity contribution in [3.63, 3.8) is 0 Å². The van der Waals surface area contributed by atoms with Crippen molar-refractivity contribution in [1.29, 1.82) is 0 Å². The van der Waals surface area contributed by atoms with Crippen LogP contribution in [0.3, 0.4) is 0 Å². The largest absolute Gasteiger partial charge is 0.478 e. The normalized spacial score (nSPS) is 9.73. The van der Waals surface area contributed by atoms with Gasteiger partial charge in [0.2, 0.25) is 0 Å². The predicted octanol–water partition coefficient (Wildman–Crippen LogP) is 3.36. The lowest BCUT2D eigenvalue weighted by Crippen LogP contribution is -2.41. The van der Waals surface area contributed by atoms with E-state index in [1.54, 1.807) is 205 Å². The summed E-state index contributed by atoms with van der Waals surface area (Å²) in [5.74, 6) is -4.21. The summed E-state index contributed by atoms with van der Waals surface area (Å²) in [5.41, 5.74) is 21.6. The van der Waals surface area contributed by atoms with Crippen LogP contribution in [0.1, 0.15) is 93.7 Å². The first-order valence-electron chi connectivity index (χ1n) is 23.9. The average Bonchev–Trinajstić information content (AvgIpc) is 4.35. The molecule has 0 bridgehead atoms. The van der Waals surface area contributed by atoms with Gasteiger partial charge in [0.1, 0.15) is 0 Å². The molecule has 26 heteroatoms. The Hall–Kier alpha value is -11.8. The standard InChI is InChI=1S/4C12H12N4O2.C7H6O2/c4*1-16-8-7-10(15-16)12(18)14-13-11(17)9-5-3-2-4-6-9;8-7(9)6-4-2-1-3-5-6/h4*2-8H,1H3,(H,13,17)(H,14,18);1-5H,(H,8,9). The highest BCUT2D eigenvalue weighted by molar-refractivity contribution is 6.00. The third kappa shape index (κ3) is 20.7. The molecule has 5 aromatic carbocycles. The van der Waals surface area contributed by atoms with Gasteiger partial charge in [-0.3, -0.25) is 100 Å². The number of nitrogens with zero attached hydrogens (tertiary/aromatic N) is 8. The molecule has 26 nitrogen and oxygen atoms in total. The Labute approximate surface area is 462 Å². The number of aromatic carboxylic acids is 1. The van der Waals surface area contributed by atoms with Crippen molar-refractivity contribution in [2.75, 3.05) is 0 Å². The van der Waals surface area contributed by atoms with Gasteiger partial charge >= 0.3 is 5.97 Å². The lowest BCUT2D eigenvalue weighted by Gasteiger charge is -2.05. The molecule has 0 aliphatic rings. The van der Waals surface area contributed by atoms with Gasteiger partial charge < -0.3 is 5.11 Å². The van der Waals surface area contributed by atoms with Crippen LogP contribution in [0.4, 0.5) is 0 Å². The SMILES string of the molecule is Cn1ccc(C(=O)NNC(=O)c2ccccc2)n1.Cn1ccc(C(=O)NNC(=O)c2ccccc2)n1.Cn1ccc(C(=O)NNC(=O)c2ccccc2)n1.Cn1ccc(C(=O)NNC(=O)c2ccccc2)n1.O=C(O)c1ccccc1. The Balaban J connectivity index is 0.000000189. The number of hydrazine groups is 4. The number of aryl methyl sites for hydroxylation is 4. The maximum Gasteiger partial charge on any atom is 0.335 e. The third-order valence-electron chi connectivity index (χ3n) is 10.1. The summed E-state index contributed by atoms with van der Waals surface area (Å²) in [6.45, 7) is 0. The molecule has 414 valence electrons. The van der Waals surface area contributed by atoms with Gasteiger partial charge in [0, 0.05) is 75.2 Å². The van der Waals surface area contributed by atoms with E-state index in [-0.39, 0.29) is 46.4 Å². The number of hydrogen-bond donors (Lipinski definition) is 9. The molecule has 0 atom stereocenters. The second kappa shape index (κ2) is 31.3. The van der Waals surface area contributed by atoms with Crippen molar-refractivity contribution in [2.45, 2.75) is 0 Å². The molecule has 4 heterocycles. The Morgan fingerprint density at radius 1 is 0.272 bits per heavy atom. The van der Waals surface area contributed by atoms with Crippen LogP contribution in [0.5, 0.6) is 0 Å². The number of amides is 8. The fourth-order valence-electron chi connectivity index (χ4n) is 6.08. The fraction of sp³-hybridized carbons (Fsp3) is 0.0727. The summed E-state index contributed by atoms with van der Waals surface area (Å²) in [6, 6.07) is 49.0. The molecule has 0 fully saturated rings. The zero-order chi connectivity index (χ0) is 58.5. The number of carboxylic acids is 1. The second-order valence-corrected chi connectivity index (χ2v) is 16.3. The van der Waals surface area contributed by atoms with Gasteiger partial charge in [-0.2, -0.15) is 20.4 Å². The summed E-state index contributed by atoms with van der Waals surface area (Å²) < 4.78 is 6.03. The number of carbonyl (C=O) groups excluding carboxylic acids is 8. The Morgan fingerprint density at radius 2 is 0.444 bits per heavy atom. The van der Waals surface area contributed by atoms with Crippen LogP contribution in [0.2, 0.25) is 0 Å². The summed E-state index contributed by atoms with van der Waals surface area (Å²) in [7, 11) is 6.83. The lowest BCUT2D eigenvalue weighted by molar-refractivity contribution is 0.0695. The molecular formula is C55H54N16O10. The smallest absolute Gasteiger partial charge is 0.335 e. The van der Waals surface area contributed by atoms with E-state index < -0.39 is 29.6 Å². The first-order valence-corrected chi connectivity index (χ1v) is 23.9. The molecule has 8 amide bonds. The summed E-state index contributed by atoms with van der Waals surface area (Å²) in [4.78, 5) is 103. The molecule has 0 saturated carbocycles. The molecule has 9 rings (SSSR count). The minimum atomic E-state index is -0.879. The van der Waals surface area contributed by atoms with E-state index >= 15 is 0 Å². The Kier molecular flexibility index (Phi) is 23.2. The van der Waals surface area contributed by atoms with E-state index in [1.807, 2.05) is 24.3 Å². The number of aromatic nitrogens is 8. The quantitative estimate of drug-likeness (QED) is 0.0937. The van der Waals surface area contributed by atoms with Gasteiger partial charge in [0.25, 0.3) is 47.3 Å². The van der Waals surface area contributed by atoms with Crippen LogP contribution in [-0.2, 0) is 28.2 Å². The van der Waals surface area contributed by atoms with E-state index in [2.05, 4.69) is 63.8 Å². The molecule has 0 aliphatic heterocycles. The van der Waals surface area contributed by atoms with Gasteiger partial charge in [-0.25, -0.2) is 4.79 Å². The number of carbonyl (C=O) groups is 9. The molecule has 9 aromatic rings. The van der Waals surface area contributed by atoms with E-state index in [9.17, 15) is 43.2 Å². The minimum Gasteiger partial charge on any atom is -0.478 e. The molecule has 0 unspecified atom stereocenters. The summed E-state index contributed by atoms with van der Waals surface area (Å²) in [5, 5.41) is 24.0. The maximum atomic E-state index is 11.6. The van der Waals surface area contributed by atoms with Crippen LogP contribution in [0.25, 0.3) is 0 Å². The minimum absolute atomic E-state index is 0.242. The fourth-order valence-corrected chi connectivity index (χ4v) is 6.08. The molecule has 0 saturated heterocycles. The van der Waals surface area contributed by atoms with E-state index in [0.717, 1.165) is 0 Å². The molecule has 9 N–H and O–H groups in total. The number of benzene rings is 5. The van der Waals surface area contributed by atoms with Gasteiger partial charge in [0.15, 0.2) is 22.8 Å². The summed E-state index contributed by atoms with van der Waals surface area (Å²) in [6.07, 6.45) is 6.59. The number of rotatable bonds is 9. The van der Waals surface area contributed by atoms with E-state index in [0.29, 0.717) is 27.8 Å². The topological polar surface area (TPSA) is 341 Å². The van der Waals surface area contributed by atoms with Crippen molar-refractivity contribution in [3.8, 4) is 0 Å². The highest BCUT2D eigenvalue weighted by Crippen LogP contribution is 2.02. The first-order chi connectivity index (χ1) is 39.0. The second-order valence-electron chi connectivity index (χ2n) is 16.3. The van der Waals surface area contributed by atoms with Crippen molar-refractivity contribution in [3.05, 3.63) is 251 Å². The highest BCUT2D eigenvalue weighted by Gasteiger charge is 2.14. The molecule has 0 radical (unpaired) electrons. The zero-order valence-electron chi connectivity index (χ0n) is 43.8. The van der Waals surface area contributed by atoms with Gasteiger partial charge in [-0.05, 0) is 84.9 Å². The molecule has 4 aromatic heterocycles. The van der Waals surface area contributed by atoms with E-state index in [1.165, 1.54) is 18.7 Å². The number of nitrogens with one attached hydrogen (secondary N) is 8. The molecule has 0 spiro atoms. The van der Waals surface area contributed by atoms with Crippen LogP contribution < -0.4 is 43.4 Å². The Bertz CT molecular complexity index is 3100. The van der Waals surface area contributed by atoms with E-state index in [4.69, 9.17) is 5.11 Å². The third-order valence-corrected chi connectivity index (χ3v) is 10.1. The monoisotopic (exact) mass is 1100 g/mol. The van der Waals surface area contributed by atoms with Gasteiger partial charge in [-0.15, -0.1) is 0 Å². The van der Waals surface area contributed by atoms with Crippen LogP contribution in [-0.4, -0.2) is 97.5 Å². The Morgan fingerprint density at radius 3 is 0.593 bits per heavy atom. The van der Waals surface area contributed by atoms with Crippen molar-refractivity contribution >= 4 is 53.2 Å². The molecule has 81 heavy (non-hydrogen) atoms. The molecule has 0 aliphatic carbocycles. The molecular weight excluding hydrogens is 1040 g/mol. The first kappa shape index (κ1) is 60.0. The zero-order valence-corrected chi connectivity index (χ0v) is 43.8. The van der Waals surface area contributed by atoms with Crippen molar-refractivity contribution < 1.29 is 48.3 Å². The predicted molar refractivity (Wildman–Crippen MR) is 292 cm³/mol. The van der Waals surface area contributed by atoms with Crippen LogP contribution >= 0.6 is 0 Å². The van der Waals surface area contributed by atoms with Crippen LogP contribution in [0, 0.1) is 0 Å². The highest BCUT2D eigenvalue weighted by atomic mass is 16.4. The van der Waals surface area contributed by atoms with Gasteiger partial charge in [-0.1, -0.05) is 91.0 Å². The number of carboxylic acid groups (broad SMARTS) is 1. The summed E-state index contributed by atoms with van der Waals surface area (Å²) >= 11 is 0. The van der Waals surface area contributed by atoms with Crippen molar-refractivity contribution in [2.24, 2.45) is 28.2 Å². The lowest BCUT2D eigenvalue weighted by atomic mass is 10.2. The average molecular weight is 1100 g/mol. The van der Waals surface area contributed by atoms with Gasteiger partial charge in [0.05, 0.1) is 5.56 Å². The van der Waals surface area contributed by atoms with Crippen molar-refractivity contribution in [1.82, 2.24) is 82.5 Å². The van der Waals surface area contributed by atoms with Crippen LogP contribution in [0.15, 0.2) is 201 Å². The maximum absolute atomic E-state index is 11.6.